The molecular weight excluding hydrogens is 352 g/mol. The molecule has 2 aliphatic rings. The zero-order valence-electron chi connectivity index (χ0n) is 17.4. The van der Waals surface area contributed by atoms with Gasteiger partial charge in [0.1, 0.15) is 6.04 Å². The summed E-state index contributed by atoms with van der Waals surface area (Å²) >= 11 is 0. The highest BCUT2D eigenvalue weighted by Gasteiger charge is 2.35. The van der Waals surface area contributed by atoms with E-state index in [9.17, 15) is 9.59 Å². The summed E-state index contributed by atoms with van der Waals surface area (Å²) in [6.07, 6.45) is 3.50. The molecule has 5 heteroatoms. The molecule has 1 N–H and O–H groups in total. The molecule has 0 spiro atoms. The van der Waals surface area contributed by atoms with E-state index in [1.165, 1.54) is 24.0 Å². The van der Waals surface area contributed by atoms with E-state index in [1.807, 2.05) is 4.90 Å². The molecule has 1 aliphatic carbocycles. The monoisotopic (exact) mass is 386 g/mol. The molecule has 1 heterocycles. The summed E-state index contributed by atoms with van der Waals surface area (Å²) in [6, 6.07) is 8.09. The molecular formula is C23H34N2O3. The average Bonchev–Trinajstić information content (AvgIpc) is 3.51. The first-order chi connectivity index (χ1) is 13.4. The van der Waals surface area contributed by atoms with Crippen LogP contribution in [0.2, 0.25) is 0 Å². The number of rotatable bonds is 8. The van der Waals surface area contributed by atoms with Gasteiger partial charge in [0.2, 0.25) is 11.8 Å². The van der Waals surface area contributed by atoms with Crippen LogP contribution in [0.3, 0.4) is 0 Å². The number of carbonyl (C=O) groups is 2. The Kier molecular flexibility index (Phi) is 7.11. The van der Waals surface area contributed by atoms with Crippen LogP contribution in [-0.2, 0) is 14.3 Å². The minimum Gasteiger partial charge on any atom is -0.378 e. The van der Waals surface area contributed by atoms with Gasteiger partial charge in [-0.25, -0.2) is 0 Å². The van der Waals surface area contributed by atoms with E-state index < -0.39 is 6.04 Å². The van der Waals surface area contributed by atoms with Gasteiger partial charge in [-0.2, -0.15) is 0 Å². The van der Waals surface area contributed by atoms with Gasteiger partial charge in [-0.1, -0.05) is 43.7 Å². The van der Waals surface area contributed by atoms with E-state index in [1.54, 1.807) is 0 Å². The Labute approximate surface area is 168 Å². The van der Waals surface area contributed by atoms with Gasteiger partial charge in [0.25, 0.3) is 0 Å². The minimum absolute atomic E-state index is 0.00951. The molecule has 0 bridgehead atoms. The van der Waals surface area contributed by atoms with Crippen molar-refractivity contribution in [1.29, 1.82) is 0 Å². The maximum Gasteiger partial charge on any atom is 0.245 e. The van der Waals surface area contributed by atoms with Crippen LogP contribution in [0.25, 0.3) is 0 Å². The quantitative estimate of drug-likeness (QED) is 0.746. The van der Waals surface area contributed by atoms with Gasteiger partial charge < -0.3 is 15.0 Å². The lowest BCUT2D eigenvalue weighted by molar-refractivity contribution is -0.140. The Balaban J connectivity index is 1.64. The second kappa shape index (κ2) is 9.55. The zero-order valence-corrected chi connectivity index (χ0v) is 17.4. The summed E-state index contributed by atoms with van der Waals surface area (Å²) in [7, 11) is 0. The summed E-state index contributed by atoms with van der Waals surface area (Å²) in [6.45, 7) is 8.62. The number of hydrogen-bond acceptors (Lipinski definition) is 3. The molecule has 3 rings (SSSR count). The molecule has 5 nitrogen and oxygen atoms in total. The number of nitrogens with one attached hydrogen (secondary N) is 1. The average molecular weight is 387 g/mol. The summed E-state index contributed by atoms with van der Waals surface area (Å²) in [5.41, 5.74) is 2.47. The molecule has 1 saturated carbocycles. The largest absolute Gasteiger partial charge is 0.378 e. The van der Waals surface area contributed by atoms with Crippen molar-refractivity contribution in [2.75, 3.05) is 26.3 Å². The summed E-state index contributed by atoms with van der Waals surface area (Å²) < 4.78 is 5.35. The van der Waals surface area contributed by atoms with Crippen molar-refractivity contribution in [1.82, 2.24) is 10.2 Å². The summed E-state index contributed by atoms with van der Waals surface area (Å²) in [4.78, 5) is 27.7. The van der Waals surface area contributed by atoms with E-state index in [-0.39, 0.29) is 17.7 Å². The lowest BCUT2D eigenvalue weighted by Gasteiger charge is -2.31. The molecule has 2 atom stereocenters. The van der Waals surface area contributed by atoms with Crippen molar-refractivity contribution >= 4 is 11.8 Å². The van der Waals surface area contributed by atoms with Crippen molar-refractivity contribution in [3.05, 3.63) is 35.4 Å². The highest BCUT2D eigenvalue weighted by atomic mass is 16.5. The van der Waals surface area contributed by atoms with Gasteiger partial charge in [-0.05, 0) is 49.5 Å². The normalized spacial score (nSPS) is 19.4. The Morgan fingerprint density at radius 1 is 1.14 bits per heavy atom. The number of benzene rings is 1. The van der Waals surface area contributed by atoms with Gasteiger partial charge in [0, 0.05) is 19.5 Å². The van der Waals surface area contributed by atoms with Crippen LogP contribution in [0.1, 0.15) is 56.6 Å². The number of aryl methyl sites for hydroxylation is 1. The van der Waals surface area contributed by atoms with Crippen LogP contribution in [0, 0.1) is 18.8 Å². The Morgan fingerprint density at radius 2 is 1.79 bits per heavy atom. The minimum atomic E-state index is -0.441. The molecule has 1 aliphatic heterocycles. The fourth-order valence-electron chi connectivity index (χ4n) is 4.02. The van der Waals surface area contributed by atoms with Crippen molar-refractivity contribution < 1.29 is 14.3 Å². The first-order valence-corrected chi connectivity index (χ1v) is 10.7. The summed E-state index contributed by atoms with van der Waals surface area (Å²) in [5.74, 6) is 1.20. The third kappa shape index (κ3) is 5.81. The molecule has 1 aromatic rings. The number of amides is 2. The topological polar surface area (TPSA) is 58.6 Å². The van der Waals surface area contributed by atoms with Gasteiger partial charge >= 0.3 is 0 Å². The van der Waals surface area contributed by atoms with E-state index in [2.05, 4.69) is 50.4 Å². The molecule has 1 unspecified atom stereocenters. The van der Waals surface area contributed by atoms with Crippen LogP contribution in [0.15, 0.2) is 24.3 Å². The van der Waals surface area contributed by atoms with E-state index >= 15 is 0 Å². The lowest BCUT2D eigenvalue weighted by Crippen LogP contribution is -2.52. The number of ether oxygens (including phenoxy) is 1. The van der Waals surface area contributed by atoms with Crippen LogP contribution >= 0.6 is 0 Å². The van der Waals surface area contributed by atoms with Crippen LogP contribution in [0.4, 0.5) is 0 Å². The van der Waals surface area contributed by atoms with Crippen molar-refractivity contribution in [3.8, 4) is 0 Å². The molecule has 154 valence electrons. The molecule has 2 amide bonds. The first kappa shape index (κ1) is 20.8. The smallest absolute Gasteiger partial charge is 0.245 e. The van der Waals surface area contributed by atoms with Crippen LogP contribution < -0.4 is 5.32 Å². The SMILES string of the molecule is Cc1ccc(C(CC(=O)N[C@@H](CC(C)C)C(=O)N2CCOCC2)C2CC2)cc1. The van der Waals surface area contributed by atoms with Crippen molar-refractivity contribution in [2.24, 2.45) is 11.8 Å². The highest BCUT2D eigenvalue weighted by molar-refractivity contribution is 5.88. The molecule has 0 aromatic heterocycles. The predicted octanol–water partition coefficient (Wildman–Crippen LogP) is 3.27. The third-order valence-corrected chi connectivity index (χ3v) is 5.77. The molecule has 2 fully saturated rings. The second-order valence-corrected chi connectivity index (χ2v) is 8.75. The van der Waals surface area contributed by atoms with Gasteiger partial charge in [0.15, 0.2) is 0 Å². The fourth-order valence-corrected chi connectivity index (χ4v) is 4.02. The Morgan fingerprint density at radius 3 is 2.36 bits per heavy atom. The predicted molar refractivity (Wildman–Crippen MR) is 110 cm³/mol. The maximum atomic E-state index is 13.0. The van der Waals surface area contributed by atoms with Crippen molar-refractivity contribution in [2.45, 2.75) is 58.4 Å². The lowest BCUT2D eigenvalue weighted by atomic mass is 9.90. The summed E-state index contributed by atoms with van der Waals surface area (Å²) in [5, 5.41) is 3.07. The fraction of sp³-hybridized carbons (Fsp3) is 0.652. The van der Waals surface area contributed by atoms with Crippen molar-refractivity contribution in [3.63, 3.8) is 0 Å². The Hall–Kier alpha value is -1.88. The number of morpholine rings is 1. The van der Waals surface area contributed by atoms with Crippen LogP contribution in [-0.4, -0.2) is 49.1 Å². The third-order valence-electron chi connectivity index (χ3n) is 5.77. The molecule has 28 heavy (non-hydrogen) atoms. The van der Waals surface area contributed by atoms with Gasteiger partial charge in [-0.3, -0.25) is 9.59 Å². The van der Waals surface area contributed by atoms with E-state index in [0.717, 1.165) is 0 Å². The number of nitrogens with zero attached hydrogens (tertiary/aromatic N) is 1. The Bertz CT molecular complexity index is 661. The number of hydrogen-bond donors (Lipinski definition) is 1. The maximum absolute atomic E-state index is 13.0. The molecule has 1 aromatic carbocycles. The standard InChI is InChI=1S/C23H34N2O3/c1-16(2)14-21(23(27)25-10-12-28-13-11-25)24-22(26)15-20(19-8-9-19)18-6-4-17(3)5-7-18/h4-7,16,19-21H,8-15H2,1-3H3,(H,24,26)/t20?,21-/m0/s1. The zero-order chi connectivity index (χ0) is 20.1. The number of carbonyl (C=O) groups excluding carboxylic acids is 2. The molecule has 1 saturated heterocycles. The molecule has 0 radical (unpaired) electrons. The second-order valence-electron chi connectivity index (χ2n) is 8.75. The van der Waals surface area contributed by atoms with E-state index in [4.69, 9.17) is 4.74 Å². The van der Waals surface area contributed by atoms with E-state index in [0.29, 0.717) is 51.0 Å². The highest BCUT2D eigenvalue weighted by Crippen LogP contribution is 2.44. The van der Waals surface area contributed by atoms with Gasteiger partial charge in [0.05, 0.1) is 13.2 Å². The van der Waals surface area contributed by atoms with Crippen LogP contribution in [0.5, 0.6) is 0 Å². The first-order valence-electron chi connectivity index (χ1n) is 10.7. The van der Waals surface area contributed by atoms with Gasteiger partial charge in [-0.15, -0.1) is 0 Å².